The molecule has 1 aliphatic heterocycles. The van der Waals surface area contributed by atoms with Crippen LogP contribution in [0, 0.1) is 13.8 Å². The lowest BCUT2D eigenvalue weighted by Crippen LogP contribution is -2.39. The van der Waals surface area contributed by atoms with E-state index in [2.05, 4.69) is 41.2 Å². The summed E-state index contributed by atoms with van der Waals surface area (Å²) in [5.74, 6) is 2.41. The molecule has 0 bridgehead atoms. The average molecular weight is 494 g/mol. The molecule has 1 aromatic heterocycles. The van der Waals surface area contributed by atoms with Gasteiger partial charge in [-0.05, 0) is 75.0 Å². The molecule has 0 radical (unpaired) electrons. The zero-order valence-corrected chi connectivity index (χ0v) is 22.0. The summed E-state index contributed by atoms with van der Waals surface area (Å²) in [5.41, 5.74) is 3.33. The summed E-state index contributed by atoms with van der Waals surface area (Å²) in [4.78, 5) is 2.49. The third-order valence-electron chi connectivity index (χ3n) is 6.92. The molecule has 4 rings (SSSR count). The van der Waals surface area contributed by atoms with E-state index in [1.165, 1.54) is 11.1 Å². The zero-order valence-electron chi connectivity index (χ0n) is 22.0. The SMILES string of the molecule is COc1cc(CN2CCC[C@@](COc3ccc(C)cc3)(OC)CC2)ccc1OCCn1cc(C)cn1. The highest BCUT2D eigenvalue weighted by Gasteiger charge is 2.33. The summed E-state index contributed by atoms with van der Waals surface area (Å²) in [6, 6.07) is 14.4. The van der Waals surface area contributed by atoms with Crippen LogP contribution in [0.4, 0.5) is 0 Å². The molecular weight excluding hydrogens is 454 g/mol. The van der Waals surface area contributed by atoms with E-state index >= 15 is 0 Å². The number of aryl methyl sites for hydroxylation is 2. The minimum absolute atomic E-state index is 0.262. The van der Waals surface area contributed by atoms with Gasteiger partial charge in [0.1, 0.15) is 24.6 Å². The second kappa shape index (κ2) is 12.3. The van der Waals surface area contributed by atoms with Crippen LogP contribution in [0.5, 0.6) is 17.2 Å². The molecule has 3 aromatic rings. The van der Waals surface area contributed by atoms with Gasteiger partial charge in [0, 0.05) is 26.4 Å². The Bertz CT molecular complexity index is 1100. The van der Waals surface area contributed by atoms with Crippen molar-refractivity contribution in [1.29, 1.82) is 0 Å². The van der Waals surface area contributed by atoms with E-state index < -0.39 is 0 Å². The lowest BCUT2D eigenvalue weighted by atomic mass is 9.95. The Labute approximate surface area is 214 Å². The Kier molecular flexibility index (Phi) is 8.88. The van der Waals surface area contributed by atoms with Crippen LogP contribution in [-0.2, 0) is 17.8 Å². The number of hydrogen-bond donors (Lipinski definition) is 0. The van der Waals surface area contributed by atoms with Gasteiger partial charge >= 0.3 is 0 Å². The van der Waals surface area contributed by atoms with Crippen molar-refractivity contribution in [2.45, 2.75) is 51.8 Å². The zero-order chi connectivity index (χ0) is 25.4. The molecule has 7 nitrogen and oxygen atoms in total. The van der Waals surface area contributed by atoms with Gasteiger partial charge in [-0.15, -0.1) is 0 Å². The van der Waals surface area contributed by atoms with E-state index in [0.717, 1.165) is 61.7 Å². The number of nitrogens with zero attached hydrogens (tertiary/aromatic N) is 3. The number of benzene rings is 2. The second-order valence-corrected chi connectivity index (χ2v) is 9.73. The van der Waals surface area contributed by atoms with Crippen molar-refractivity contribution < 1.29 is 18.9 Å². The summed E-state index contributed by atoms with van der Waals surface area (Å²) in [5, 5.41) is 4.31. The van der Waals surface area contributed by atoms with E-state index in [4.69, 9.17) is 18.9 Å². The standard InChI is InChI=1S/C29H39N3O4/c1-23-6-9-26(10-7-23)36-22-29(34-4)12-5-14-31(15-13-29)21-25-8-11-27(28(18-25)33-3)35-17-16-32-20-24(2)19-30-32/h6-11,18-20H,5,12-17,21-22H2,1-4H3/t29-/m1/s1. The maximum absolute atomic E-state index is 6.13. The molecule has 0 amide bonds. The molecule has 36 heavy (non-hydrogen) atoms. The summed E-state index contributed by atoms with van der Waals surface area (Å²) in [7, 11) is 3.50. The maximum Gasteiger partial charge on any atom is 0.161 e. The lowest BCUT2D eigenvalue weighted by Gasteiger charge is -2.31. The first-order valence-electron chi connectivity index (χ1n) is 12.7. The Hall–Kier alpha value is -3.03. The molecule has 1 aliphatic rings. The number of aromatic nitrogens is 2. The van der Waals surface area contributed by atoms with Crippen LogP contribution in [0.2, 0.25) is 0 Å². The molecule has 0 saturated carbocycles. The van der Waals surface area contributed by atoms with Gasteiger partial charge in [-0.2, -0.15) is 5.10 Å². The number of hydrogen-bond acceptors (Lipinski definition) is 6. The van der Waals surface area contributed by atoms with Crippen LogP contribution < -0.4 is 14.2 Å². The Balaban J connectivity index is 1.30. The van der Waals surface area contributed by atoms with Crippen molar-refractivity contribution in [2.24, 2.45) is 0 Å². The van der Waals surface area contributed by atoms with Crippen LogP contribution in [0.3, 0.4) is 0 Å². The Morgan fingerprint density at radius 2 is 1.75 bits per heavy atom. The van der Waals surface area contributed by atoms with Gasteiger partial charge in [0.15, 0.2) is 11.5 Å². The largest absolute Gasteiger partial charge is 0.493 e. The van der Waals surface area contributed by atoms with Crippen LogP contribution in [0.25, 0.3) is 0 Å². The summed E-state index contributed by atoms with van der Waals surface area (Å²) < 4.78 is 25.7. The van der Waals surface area contributed by atoms with Crippen molar-refractivity contribution >= 4 is 0 Å². The minimum Gasteiger partial charge on any atom is -0.493 e. The number of ether oxygens (including phenoxy) is 4. The maximum atomic E-state index is 6.13. The summed E-state index contributed by atoms with van der Waals surface area (Å²) in [6.07, 6.45) is 6.85. The van der Waals surface area contributed by atoms with Gasteiger partial charge in [0.05, 0.1) is 19.9 Å². The van der Waals surface area contributed by atoms with Gasteiger partial charge in [-0.3, -0.25) is 9.58 Å². The minimum atomic E-state index is -0.262. The topological polar surface area (TPSA) is 58.0 Å². The summed E-state index contributed by atoms with van der Waals surface area (Å²) >= 11 is 0. The molecule has 1 atom stereocenters. The highest BCUT2D eigenvalue weighted by Crippen LogP contribution is 2.31. The third kappa shape index (κ3) is 7.02. The van der Waals surface area contributed by atoms with Gasteiger partial charge < -0.3 is 18.9 Å². The first-order valence-corrected chi connectivity index (χ1v) is 12.7. The number of methoxy groups -OCH3 is 2. The molecule has 0 aliphatic carbocycles. The van der Waals surface area contributed by atoms with E-state index in [-0.39, 0.29) is 5.60 Å². The molecule has 194 valence electrons. The van der Waals surface area contributed by atoms with Gasteiger partial charge in [0.2, 0.25) is 0 Å². The van der Waals surface area contributed by atoms with Crippen LogP contribution in [0.15, 0.2) is 54.9 Å². The van der Waals surface area contributed by atoms with Crippen molar-refractivity contribution in [3.8, 4) is 17.2 Å². The fraction of sp³-hybridized carbons (Fsp3) is 0.483. The number of rotatable bonds is 11. The summed E-state index contributed by atoms with van der Waals surface area (Å²) in [6.45, 7) is 8.76. The normalized spacial score (nSPS) is 18.6. The fourth-order valence-corrected chi connectivity index (χ4v) is 4.66. The Morgan fingerprint density at radius 1 is 0.917 bits per heavy atom. The smallest absolute Gasteiger partial charge is 0.161 e. The first-order chi connectivity index (χ1) is 17.5. The van der Waals surface area contributed by atoms with Crippen molar-refractivity contribution in [3.05, 3.63) is 71.5 Å². The average Bonchev–Trinajstić information content (AvgIpc) is 3.20. The highest BCUT2D eigenvalue weighted by atomic mass is 16.5. The molecular formula is C29H39N3O4. The molecule has 2 aromatic carbocycles. The van der Waals surface area contributed by atoms with E-state index in [9.17, 15) is 0 Å². The van der Waals surface area contributed by atoms with Crippen molar-refractivity contribution in [2.75, 3.05) is 40.5 Å². The molecule has 0 N–H and O–H groups in total. The van der Waals surface area contributed by atoms with E-state index in [1.54, 1.807) is 7.11 Å². The third-order valence-corrected chi connectivity index (χ3v) is 6.92. The van der Waals surface area contributed by atoms with Crippen LogP contribution in [-0.4, -0.2) is 60.8 Å². The number of likely N-dealkylation sites (tertiary alicyclic amines) is 1. The Morgan fingerprint density at radius 3 is 2.47 bits per heavy atom. The molecule has 1 fully saturated rings. The molecule has 0 spiro atoms. The second-order valence-electron chi connectivity index (χ2n) is 9.73. The van der Waals surface area contributed by atoms with Crippen molar-refractivity contribution in [1.82, 2.24) is 14.7 Å². The molecule has 2 heterocycles. The highest BCUT2D eigenvalue weighted by molar-refractivity contribution is 5.43. The lowest BCUT2D eigenvalue weighted by molar-refractivity contribution is -0.0541. The first kappa shape index (κ1) is 26.0. The van der Waals surface area contributed by atoms with E-state index in [0.29, 0.717) is 19.8 Å². The molecule has 1 saturated heterocycles. The fourth-order valence-electron chi connectivity index (χ4n) is 4.66. The van der Waals surface area contributed by atoms with Gasteiger partial charge in [0.25, 0.3) is 0 Å². The predicted molar refractivity (Wildman–Crippen MR) is 141 cm³/mol. The van der Waals surface area contributed by atoms with Gasteiger partial charge in [-0.25, -0.2) is 0 Å². The molecule has 0 unspecified atom stereocenters. The van der Waals surface area contributed by atoms with Crippen molar-refractivity contribution in [3.63, 3.8) is 0 Å². The quantitative estimate of drug-likeness (QED) is 0.373. The monoisotopic (exact) mass is 493 g/mol. The van der Waals surface area contributed by atoms with E-state index in [1.807, 2.05) is 49.3 Å². The van der Waals surface area contributed by atoms with Gasteiger partial charge in [-0.1, -0.05) is 23.8 Å². The van der Waals surface area contributed by atoms with Crippen LogP contribution >= 0.6 is 0 Å². The predicted octanol–water partition coefficient (Wildman–Crippen LogP) is 5.04. The van der Waals surface area contributed by atoms with Crippen LogP contribution in [0.1, 0.15) is 36.0 Å². The molecule has 7 heteroatoms.